The Morgan fingerprint density at radius 2 is 1.64 bits per heavy atom. The van der Waals surface area contributed by atoms with Crippen LogP contribution in [0.3, 0.4) is 0 Å². The summed E-state index contributed by atoms with van der Waals surface area (Å²) in [7, 11) is 1.47. The fraction of sp³-hybridized carbons (Fsp3) is 0.533. The summed E-state index contributed by atoms with van der Waals surface area (Å²) in [6.45, 7) is 15.2. The van der Waals surface area contributed by atoms with Gasteiger partial charge in [0.05, 0.1) is 46.7 Å². The van der Waals surface area contributed by atoms with Gasteiger partial charge in [-0.15, -0.1) is 0 Å². The quantitative estimate of drug-likeness (QED) is 0.123. The van der Waals surface area contributed by atoms with Crippen molar-refractivity contribution in [3.8, 4) is 17.2 Å². The summed E-state index contributed by atoms with van der Waals surface area (Å²) >= 11 is 0. The van der Waals surface area contributed by atoms with Crippen LogP contribution in [0.1, 0.15) is 89.2 Å². The highest BCUT2D eigenvalue weighted by Crippen LogP contribution is 2.54. The number of hydrogen-bond donors (Lipinski definition) is 6. The number of ketones is 1. The molecule has 0 spiro atoms. The number of piperidine rings is 1. The van der Waals surface area contributed by atoms with Crippen molar-refractivity contribution in [3.63, 3.8) is 0 Å². The number of amides is 1. The maximum atomic E-state index is 14.6. The number of aromatic hydroxyl groups is 2. The summed E-state index contributed by atoms with van der Waals surface area (Å²) in [6, 6.07) is 0. The number of benzene rings is 2. The Morgan fingerprint density at radius 1 is 0.949 bits per heavy atom. The number of nitrogens with zero attached hydrogens (tertiary/aromatic N) is 1. The van der Waals surface area contributed by atoms with Crippen LogP contribution < -0.4 is 10.1 Å². The van der Waals surface area contributed by atoms with E-state index in [0.29, 0.717) is 17.4 Å². The fourth-order valence-electron chi connectivity index (χ4n) is 8.92. The van der Waals surface area contributed by atoms with Crippen LogP contribution in [0, 0.1) is 30.6 Å². The number of allylic oxidation sites excluding steroid dienone is 2. The minimum Gasteiger partial charge on any atom is -0.507 e. The molecule has 1 amide bonds. The summed E-state index contributed by atoms with van der Waals surface area (Å²) in [6.07, 6.45) is 9.10. The van der Waals surface area contributed by atoms with Crippen molar-refractivity contribution in [2.45, 2.75) is 111 Å². The number of aliphatic hydroxyl groups excluding tert-OH is 2. The monoisotopic (exact) mass is 817 g/mol. The molecular formula is C45H59N3O11. The van der Waals surface area contributed by atoms with E-state index in [9.17, 15) is 34.8 Å². The first-order chi connectivity index (χ1) is 27.9. The Kier molecular flexibility index (Phi) is 12.9. The molecule has 320 valence electrons. The number of esters is 1. The molecule has 1 aromatic heterocycles. The van der Waals surface area contributed by atoms with Gasteiger partial charge in [-0.25, -0.2) is 0 Å². The number of carbonyl (C=O) groups is 3. The van der Waals surface area contributed by atoms with Crippen LogP contribution in [0.4, 0.5) is 5.69 Å². The van der Waals surface area contributed by atoms with E-state index >= 15 is 0 Å². The van der Waals surface area contributed by atoms with Crippen molar-refractivity contribution < 1.29 is 53.8 Å². The molecule has 1 saturated heterocycles. The molecule has 0 unspecified atom stereocenters. The zero-order valence-corrected chi connectivity index (χ0v) is 35.4. The number of H-pyrrole nitrogens is 1. The number of nitrogens with one attached hydrogen (secondary N) is 2. The Hall–Kier alpha value is -4.89. The van der Waals surface area contributed by atoms with E-state index in [1.165, 1.54) is 27.2 Å². The molecule has 2 aromatic carbocycles. The van der Waals surface area contributed by atoms with E-state index in [1.807, 2.05) is 0 Å². The second-order valence-corrected chi connectivity index (χ2v) is 16.8. The molecule has 3 aliphatic heterocycles. The van der Waals surface area contributed by atoms with Crippen molar-refractivity contribution in [2.24, 2.45) is 23.7 Å². The fourth-order valence-corrected chi connectivity index (χ4v) is 8.92. The SMILES string of the molecule is CO[C@H]1C=CO[C@@]2(C)Oc3c(C)c(O)c4c(O)c(c5c(CN6CCCCC6)c[nH]c5c4c3C2=O)NC(=O)C(C)=CC=C[C@H](C)[C@H](O)[C@@H](C)[C@@H](O)[C@@H](C)[C@H](OC(C)=O)[C@@H]1C. The molecule has 3 aromatic rings. The smallest absolute Gasteiger partial charge is 0.312 e. The lowest BCUT2D eigenvalue weighted by Crippen LogP contribution is -2.46. The Bertz CT molecular complexity index is 2200. The molecule has 0 radical (unpaired) electrons. The van der Waals surface area contributed by atoms with Crippen LogP contribution in [0.25, 0.3) is 21.7 Å². The highest BCUT2D eigenvalue weighted by molar-refractivity contribution is 6.29. The molecule has 14 heteroatoms. The van der Waals surface area contributed by atoms with Gasteiger partial charge in [0.15, 0.2) is 5.75 Å². The van der Waals surface area contributed by atoms with Gasteiger partial charge >= 0.3 is 11.8 Å². The van der Waals surface area contributed by atoms with Crippen LogP contribution in [0.15, 0.2) is 42.3 Å². The number of aliphatic hydroxyl groups is 2. The number of aromatic nitrogens is 1. The highest BCUT2D eigenvalue weighted by atomic mass is 16.7. The molecular weight excluding hydrogens is 759 g/mol. The Labute approximate surface area is 344 Å². The Morgan fingerprint density at radius 3 is 2.31 bits per heavy atom. The number of aromatic amines is 1. The third-order valence-corrected chi connectivity index (χ3v) is 12.6. The Balaban J connectivity index is 1.54. The zero-order chi connectivity index (χ0) is 43.1. The van der Waals surface area contributed by atoms with E-state index in [1.54, 1.807) is 72.0 Å². The third kappa shape index (κ3) is 8.20. The van der Waals surface area contributed by atoms with E-state index in [2.05, 4.69) is 15.2 Å². The zero-order valence-electron chi connectivity index (χ0n) is 35.4. The molecule has 59 heavy (non-hydrogen) atoms. The number of phenolic OH excluding ortho intramolecular Hbond substituents is 2. The lowest BCUT2D eigenvalue weighted by molar-refractivity contribution is -0.160. The summed E-state index contributed by atoms with van der Waals surface area (Å²) in [5, 5.41) is 50.4. The predicted octanol–water partition coefficient (Wildman–Crippen LogP) is 6.52. The molecule has 3 aliphatic rings. The second kappa shape index (κ2) is 17.4. The average molecular weight is 818 g/mol. The molecule has 1 fully saturated rings. The first kappa shape index (κ1) is 43.7. The lowest BCUT2D eigenvalue weighted by Gasteiger charge is -2.38. The van der Waals surface area contributed by atoms with Gasteiger partial charge in [0.1, 0.15) is 17.6 Å². The number of anilines is 1. The van der Waals surface area contributed by atoms with Crippen molar-refractivity contribution >= 4 is 45.0 Å². The van der Waals surface area contributed by atoms with Gasteiger partial charge in [-0.05, 0) is 51.4 Å². The van der Waals surface area contributed by atoms with Gasteiger partial charge in [0.25, 0.3) is 11.7 Å². The van der Waals surface area contributed by atoms with Gasteiger partial charge in [-0.1, -0.05) is 52.3 Å². The summed E-state index contributed by atoms with van der Waals surface area (Å²) in [5.74, 6) is -6.59. The normalized spacial score (nSPS) is 30.1. The predicted molar refractivity (Wildman–Crippen MR) is 223 cm³/mol. The maximum Gasteiger partial charge on any atom is 0.312 e. The largest absolute Gasteiger partial charge is 0.507 e. The van der Waals surface area contributed by atoms with E-state index in [-0.39, 0.29) is 44.7 Å². The van der Waals surface area contributed by atoms with E-state index in [4.69, 9.17) is 18.9 Å². The number of hydrogen-bond acceptors (Lipinski definition) is 12. The number of Topliss-reactive ketones (excluding diaryl/α,β-unsaturated/α-hetero) is 1. The molecule has 0 saturated carbocycles. The van der Waals surface area contributed by atoms with Crippen molar-refractivity contribution in [2.75, 3.05) is 25.5 Å². The lowest BCUT2D eigenvalue weighted by atomic mass is 9.78. The first-order valence-electron chi connectivity index (χ1n) is 20.5. The molecule has 4 heterocycles. The molecule has 0 aliphatic carbocycles. The summed E-state index contributed by atoms with van der Waals surface area (Å²) in [5.41, 5.74) is 1.82. The van der Waals surface area contributed by atoms with E-state index in [0.717, 1.165) is 37.9 Å². The highest BCUT2D eigenvalue weighted by Gasteiger charge is 2.49. The standard InChI is InChI=1S/C45H59N3O11/c1-22-14-13-15-23(2)44(55)47-36-31-29(21-48-17-11-10-12-18-48)20-46-35(31)32-33(40(36)53)39(52)27(6)42-34(32)43(54)45(8,59-42)57-19-16-30(56-9)24(3)41(58-28(7)49)26(5)38(51)25(4)37(22)50/h13-16,19-20,22,24-26,30,37-38,41,46,50-53H,10-12,17-18,21H2,1-9H3,(H,47,55)/t22-,24+,25+,26+,30-,37-,38+,41+,45-/m0/s1. The second-order valence-electron chi connectivity index (χ2n) is 16.8. The molecule has 9 atom stereocenters. The minimum atomic E-state index is -1.92. The molecule has 6 N–H and O–H groups in total. The van der Waals surface area contributed by atoms with Gasteiger partial charge in [0.2, 0.25) is 0 Å². The number of phenols is 2. The number of methoxy groups -OCH3 is 1. The van der Waals surface area contributed by atoms with Gasteiger partial charge < -0.3 is 49.7 Å². The number of carbonyl (C=O) groups excluding carboxylic acids is 3. The molecule has 14 nitrogen and oxygen atoms in total. The number of rotatable bonds is 4. The number of ether oxygens (including phenoxy) is 4. The third-order valence-electron chi connectivity index (χ3n) is 12.6. The van der Waals surface area contributed by atoms with Gasteiger partial charge in [-0.2, -0.15) is 0 Å². The number of likely N-dealkylation sites (tertiary alicyclic amines) is 1. The van der Waals surface area contributed by atoms with Gasteiger partial charge in [0, 0.05) is 79.3 Å². The molecule has 6 rings (SSSR count). The van der Waals surface area contributed by atoms with Crippen molar-refractivity contribution in [3.05, 3.63) is 59.0 Å². The van der Waals surface area contributed by atoms with Gasteiger partial charge in [-0.3, -0.25) is 19.3 Å². The summed E-state index contributed by atoms with van der Waals surface area (Å²) in [4.78, 5) is 46.5. The van der Waals surface area contributed by atoms with Crippen LogP contribution in [-0.2, 0) is 30.3 Å². The van der Waals surface area contributed by atoms with Crippen LogP contribution in [-0.4, -0.2) is 98.4 Å². The van der Waals surface area contributed by atoms with Crippen LogP contribution in [0.2, 0.25) is 0 Å². The van der Waals surface area contributed by atoms with Crippen molar-refractivity contribution in [1.82, 2.24) is 9.88 Å². The molecule has 4 bridgehead atoms. The average Bonchev–Trinajstić information content (AvgIpc) is 3.74. The summed E-state index contributed by atoms with van der Waals surface area (Å²) < 4.78 is 23.9. The van der Waals surface area contributed by atoms with Crippen LogP contribution in [0.5, 0.6) is 17.2 Å². The van der Waals surface area contributed by atoms with E-state index < -0.39 is 77.3 Å². The van der Waals surface area contributed by atoms with Crippen molar-refractivity contribution in [1.29, 1.82) is 0 Å². The minimum absolute atomic E-state index is 0.0406. The first-order valence-corrected chi connectivity index (χ1v) is 20.5. The topological polar surface area (TPSA) is 200 Å². The maximum absolute atomic E-state index is 14.6. The van der Waals surface area contributed by atoms with Crippen LogP contribution >= 0.6 is 0 Å². The number of fused-ring (bicyclic) bond motifs is 1.